The van der Waals surface area contributed by atoms with Gasteiger partial charge in [-0.05, 0) is 37.5 Å². The number of carbonyl (C=O) groups is 1. The lowest BCUT2D eigenvalue weighted by molar-refractivity contribution is -0.114. The SMILES string of the molecule is CC(=O)Nc1ccc(C)c(NC2CCCOC2)c1. The van der Waals surface area contributed by atoms with Gasteiger partial charge in [-0.3, -0.25) is 4.79 Å². The van der Waals surface area contributed by atoms with Gasteiger partial charge in [-0.1, -0.05) is 6.07 Å². The molecular formula is C14H20N2O2. The molecule has 98 valence electrons. The summed E-state index contributed by atoms with van der Waals surface area (Å²) in [6, 6.07) is 6.27. The third kappa shape index (κ3) is 3.47. The van der Waals surface area contributed by atoms with Gasteiger partial charge in [0.15, 0.2) is 0 Å². The average molecular weight is 248 g/mol. The highest BCUT2D eigenvalue weighted by Gasteiger charge is 2.14. The predicted octanol–water partition coefficient (Wildman–Crippen LogP) is 2.54. The number of benzene rings is 1. The molecule has 4 nitrogen and oxygen atoms in total. The Hall–Kier alpha value is -1.55. The Balaban J connectivity index is 2.07. The summed E-state index contributed by atoms with van der Waals surface area (Å²) >= 11 is 0. The lowest BCUT2D eigenvalue weighted by Crippen LogP contribution is -2.30. The van der Waals surface area contributed by atoms with E-state index in [2.05, 4.69) is 17.6 Å². The van der Waals surface area contributed by atoms with Crippen molar-refractivity contribution in [1.82, 2.24) is 0 Å². The Kier molecular flexibility index (Phi) is 4.20. The van der Waals surface area contributed by atoms with Gasteiger partial charge in [0.2, 0.25) is 5.91 Å². The third-order valence-electron chi connectivity index (χ3n) is 3.08. The lowest BCUT2D eigenvalue weighted by Gasteiger charge is -2.25. The van der Waals surface area contributed by atoms with E-state index < -0.39 is 0 Å². The van der Waals surface area contributed by atoms with E-state index in [0.29, 0.717) is 6.04 Å². The molecule has 1 amide bonds. The van der Waals surface area contributed by atoms with Gasteiger partial charge in [-0.25, -0.2) is 0 Å². The molecule has 18 heavy (non-hydrogen) atoms. The molecular weight excluding hydrogens is 228 g/mol. The second-order valence-electron chi connectivity index (χ2n) is 4.77. The summed E-state index contributed by atoms with van der Waals surface area (Å²) in [6.45, 7) is 5.19. The van der Waals surface area contributed by atoms with Crippen molar-refractivity contribution in [3.63, 3.8) is 0 Å². The monoisotopic (exact) mass is 248 g/mol. The fraction of sp³-hybridized carbons (Fsp3) is 0.500. The number of ether oxygens (including phenoxy) is 1. The van der Waals surface area contributed by atoms with E-state index >= 15 is 0 Å². The van der Waals surface area contributed by atoms with Gasteiger partial charge in [0.05, 0.1) is 6.61 Å². The quantitative estimate of drug-likeness (QED) is 0.864. The molecule has 1 aliphatic heterocycles. The van der Waals surface area contributed by atoms with Gasteiger partial charge in [0, 0.05) is 30.9 Å². The summed E-state index contributed by atoms with van der Waals surface area (Å²) in [5, 5.41) is 6.29. The Morgan fingerprint density at radius 2 is 2.28 bits per heavy atom. The third-order valence-corrected chi connectivity index (χ3v) is 3.08. The van der Waals surface area contributed by atoms with Crippen LogP contribution in [0.2, 0.25) is 0 Å². The maximum Gasteiger partial charge on any atom is 0.221 e. The Bertz CT molecular complexity index is 426. The number of hydrogen-bond acceptors (Lipinski definition) is 3. The van der Waals surface area contributed by atoms with Crippen molar-refractivity contribution in [3.8, 4) is 0 Å². The van der Waals surface area contributed by atoms with Crippen LogP contribution in [-0.2, 0) is 9.53 Å². The van der Waals surface area contributed by atoms with Crippen molar-refractivity contribution in [1.29, 1.82) is 0 Å². The number of amides is 1. The van der Waals surface area contributed by atoms with Crippen molar-refractivity contribution < 1.29 is 9.53 Å². The first-order chi connectivity index (χ1) is 8.65. The molecule has 1 fully saturated rings. The molecule has 1 unspecified atom stereocenters. The van der Waals surface area contributed by atoms with E-state index in [9.17, 15) is 4.79 Å². The zero-order valence-electron chi connectivity index (χ0n) is 11.0. The molecule has 2 N–H and O–H groups in total. The minimum Gasteiger partial charge on any atom is -0.380 e. The molecule has 1 aromatic rings. The van der Waals surface area contributed by atoms with E-state index in [-0.39, 0.29) is 5.91 Å². The minimum atomic E-state index is -0.0502. The van der Waals surface area contributed by atoms with E-state index in [1.807, 2.05) is 18.2 Å². The molecule has 0 radical (unpaired) electrons. The number of nitrogens with one attached hydrogen (secondary N) is 2. The summed E-state index contributed by atoms with van der Waals surface area (Å²) in [7, 11) is 0. The van der Waals surface area contributed by atoms with Crippen LogP contribution >= 0.6 is 0 Å². The minimum absolute atomic E-state index is 0.0502. The van der Waals surface area contributed by atoms with E-state index in [1.54, 1.807) is 0 Å². The molecule has 1 saturated heterocycles. The second kappa shape index (κ2) is 5.87. The zero-order chi connectivity index (χ0) is 13.0. The molecule has 0 spiro atoms. The predicted molar refractivity (Wildman–Crippen MR) is 72.9 cm³/mol. The average Bonchev–Trinajstić information content (AvgIpc) is 2.34. The highest BCUT2D eigenvalue weighted by molar-refractivity contribution is 5.89. The maximum atomic E-state index is 11.0. The fourth-order valence-corrected chi connectivity index (χ4v) is 2.13. The first-order valence-electron chi connectivity index (χ1n) is 6.37. The van der Waals surface area contributed by atoms with Crippen molar-refractivity contribution >= 4 is 17.3 Å². The van der Waals surface area contributed by atoms with Crippen LogP contribution in [0.15, 0.2) is 18.2 Å². The van der Waals surface area contributed by atoms with Gasteiger partial charge < -0.3 is 15.4 Å². The van der Waals surface area contributed by atoms with Crippen LogP contribution in [0.4, 0.5) is 11.4 Å². The summed E-state index contributed by atoms with van der Waals surface area (Å²) < 4.78 is 5.46. The van der Waals surface area contributed by atoms with Crippen LogP contribution in [-0.4, -0.2) is 25.2 Å². The van der Waals surface area contributed by atoms with Crippen molar-refractivity contribution in [2.75, 3.05) is 23.8 Å². The van der Waals surface area contributed by atoms with E-state index in [0.717, 1.165) is 37.4 Å². The number of anilines is 2. The van der Waals surface area contributed by atoms with Crippen LogP contribution < -0.4 is 10.6 Å². The first-order valence-corrected chi connectivity index (χ1v) is 6.37. The number of aryl methyl sites for hydroxylation is 1. The highest BCUT2D eigenvalue weighted by Crippen LogP contribution is 2.22. The fourth-order valence-electron chi connectivity index (χ4n) is 2.13. The molecule has 1 aliphatic rings. The van der Waals surface area contributed by atoms with Crippen molar-refractivity contribution in [3.05, 3.63) is 23.8 Å². The van der Waals surface area contributed by atoms with Crippen LogP contribution in [0, 0.1) is 6.92 Å². The molecule has 0 saturated carbocycles. The summed E-state index contributed by atoms with van der Waals surface area (Å²) in [4.78, 5) is 11.0. The molecule has 2 rings (SSSR count). The Morgan fingerprint density at radius 1 is 1.44 bits per heavy atom. The van der Waals surface area contributed by atoms with Crippen LogP contribution in [0.3, 0.4) is 0 Å². The van der Waals surface area contributed by atoms with Gasteiger partial charge in [0.1, 0.15) is 0 Å². The van der Waals surface area contributed by atoms with Crippen LogP contribution in [0.5, 0.6) is 0 Å². The molecule has 1 aromatic carbocycles. The van der Waals surface area contributed by atoms with Gasteiger partial charge in [-0.2, -0.15) is 0 Å². The molecule has 0 bridgehead atoms. The molecule has 1 heterocycles. The zero-order valence-corrected chi connectivity index (χ0v) is 11.0. The normalized spacial score (nSPS) is 19.3. The van der Waals surface area contributed by atoms with Crippen molar-refractivity contribution in [2.24, 2.45) is 0 Å². The molecule has 4 heteroatoms. The highest BCUT2D eigenvalue weighted by atomic mass is 16.5. The first kappa shape index (κ1) is 12.9. The second-order valence-corrected chi connectivity index (χ2v) is 4.77. The smallest absolute Gasteiger partial charge is 0.221 e. The summed E-state index contributed by atoms with van der Waals surface area (Å²) in [6.07, 6.45) is 2.23. The van der Waals surface area contributed by atoms with Gasteiger partial charge in [-0.15, -0.1) is 0 Å². The lowest BCUT2D eigenvalue weighted by atomic mass is 10.1. The number of carbonyl (C=O) groups excluding carboxylic acids is 1. The van der Waals surface area contributed by atoms with E-state index in [1.165, 1.54) is 12.5 Å². The topological polar surface area (TPSA) is 50.4 Å². The van der Waals surface area contributed by atoms with Gasteiger partial charge >= 0.3 is 0 Å². The van der Waals surface area contributed by atoms with Crippen LogP contribution in [0.25, 0.3) is 0 Å². The number of rotatable bonds is 3. The molecule has 1 atom stereocenters. The molecule has 0 aliphatic carbocycles. The largest absolute Gasteiger partial charge is 0.380 e. The van der Waals surface area contributed by atoms with Crippen LogP contribution in [0.1, 0.15) is 25.3 Å². The summed E-state index contributed by atoms with van der Waals surface area (Å²) in [5.41, 5.74) is 3.07. The Labute approximate surface area is 108 Å². The molecule has 0 aromatic heterocycles. The van der Waals surface area contributed by atoms with Gasteiger partial charge in [0.25, 0.3) is 0 Å². The van der Waals surface area contributed by atoms with E-state index in [4.69, 9.17) is 4.74 Å². The standard InChI is InChI=1S/C14H20N2O2/c1-10-5-6-12(15-11(2)17)8-14(10)16-13-4-3-7-18-9-13/h5-6,8,13,16H,3-4,7,9H2,1-2H3,(H,15,17). The van der Waals surface area contributed by atoms with Crippen molar-refractivity contribution in [2.45, 2.75) is 32.7 Å². The number of hydrogen-bond donors (Lipinski definition) is 2. The Morgan fingerprint density at radius 3 is 2.94 bits per heavy atom. The summed E-state index contributed by atoms with van der Waals surface area (Å²) in [5.74, 6) is -0.0502. The maximum absolute atomic E-state index is 11.0.